The zero-order valence-electron chi connectivity index (χ0n) is 17.4. The standard InChI is InChI=1S/C23H27N5O2/c1-15-10-12-16(13-11-15)21-25-23-27(14-20(29)24-17-6-3-2-4-7-17)19-9-5-8-18(19)22(30)28(23)26-21/h10-13,17H,2-9,14H2,1H3,(H,24,29). The summed E-state index contributed by atoms with van der Waals surface area (Å²) in [5.74, 6) is 0.952. The summed E-state index contributed by atoms with van der Waals surface area (Å²) >= 11 is 0. The molecule has 1 fully saturated rings. The van der Waals surface area contributed by atoms with Gasteiger partial charge in [-0.1, -0.05) is 49.1 Å². The second-order valence-electron chi connectivity index (χ2n) is 8.59. The second-order valence-corrected chi connectivity index (χ2v) is 8.59. The van der Waals surface area contributed by atoms with E-state index in [2.05, 4.69) is 15.4 Å². The molecule has 0 bridgehead atoms. The number of carbonyl (C=O) groups is 1. The lowest BCUT2D eigenvalue weighted by Gasteiger charge is -2.23. The lowest BCUT2D eigenvalue weighted by molar-refractivity contribution is -0.122. The fourth-order valence-electron chi connectivity index (χ4n) is 4.77. The minimum Gasteiger partial charge on any atom is -0.352 e. The molecule has 5 rings (SSSR count). The second kappa shape index (κ2) is 7.70. The Kier molecular flexibility index (Phi) is 4.89. The number of nitrogens with one attached hydrogen (secondary N) is 1. The van der Waals surface area contributed by atoms with Crippen LogP contribution in [-0.4, -0.2) is 31.1 Å². The Morgan fingerprint density at radius 1 is 1.10 bits per heavy atom. The summed E-state index contributed by atoms with van der Waals surface area (Å²) in [7, 11) is 0. The number of fused-ring (bicyclic) bond motifs is 2. The Hall–Kier alpha value is -2.96. The first-order valence-electron chi connectivity index (χ1n) is 11.0. The van der Waals surface area contributed by atoms with Crippen molar-refractivity contribution in [2.75, 3.05) is 0 Å². The number of hydrogen-bond donors (Lipinski definition) is 1. The SMILES string of the molecule is Cc1ccc(-c2nc3n(CC(=O)NC4CCCCC4)c4c(c(=O)n3n2)CCC4)cc1. The summed E-state index contributed by atoms with van der Waals surface area (Å²) in [6.07, 6.45) is 8.14. The van der Waals surface area contributed by atoms with Crippen LogP contribution in [0.3, 0.4) is 0 Å². The van der Waals surface area contributed by atoms with E-state index in [9.17, 15) is 9.59 Å². The van der Waals surface area contributed by atoms with Crippen LogP contribution in [0.25, 0.3) is 17.2 Å². The average Bonchev–Trinajstić information content (AvgIpc) is 3.41. The number of aromatic nitrogens is 4. The molecule has 7 nitrogen and oxygen atoms in total. The van der Waals surface area contributed by atoms with E-state index in [0.29, 0.717) is 11.6 Å². The van der Waals surface area contributed by atoms with Gasteiger partial charge in [-0.15, -0.1) is 5.10 Å². The van der Waals surface area contributed by atoms with Crippen LogP contribution in [0.2, 0.25) is 0 Å². The first-order valence-corrected chi connectivity index (χ1v) is 11.0. The highest BCUT2D eigenvalue weighted by Gasteiger charge is 2.25. The lowest BCUT2D eigenvalue weighted by atomic mass is 9.95. The van der Waals surface area contributed by atoms with Gasteiger partial charge in [-0.05, 0) is 39.0 Å². The van der Waals surface area contributed by atoms with Crippen LogP contribution >= 0.6 is 0 Å². The molecule has 30 heavy (non-hydrogen) atoms. The van der Waals surface area contributed by atoms with Crippen molar-refractivity contribution in [1.82, 2.24) is 24.5 Å². The van der Waals surface area contributed by atoms with Gasteiger partial charge in [0.1, 0.15) is 6.54 Å². The van der Waals surface area contributed by atoms with Crippen LogP contribution < -0.4 is 10.9 Å². The Bertz CT molecular complexity index is 1150. The molecule has 2 aliphatic rings. The van der Waals surface area contributed by atoms with E-state index in [1.165, 1.54) is 23.8 Å². The van der Waals surface area contributed by atoms with Gasteiger partial charge >= 0.3 is 0 Å². The van der Waals surface area contributed by atoms with Crippen LogP contribution in [0, 0.1) is 6.92 Å². The molecule has 0 atom stereocenters. The molecule has 0 spiro atoms. The maximum Gasteiger partial charge on any atom is 0.279 e. The Labute approximate surface area is 175 Å². The Morgan fingerprint density at radius 3 is 2.63 bits per heavy atom. The van der Waals surface area contributed by atoms with Crippen molar-refractivity contribution in [1.29, 1.82) is 0 Å². The van der Waals surface area contributed by atoms with Gasteiger partial charge < -0.3 is 9.88 Å². The zero-order chi connectivity index (χ0) is 20.7. The highest BCUT2D eigenvalue weighted by Crippen LogP contribution is 2.23. The molecule has 3 aromatic rings. The maximum absolute atomic E-state index is 13.0. The molecule has 1 aromatic carbocycles. The van der Waals surface area contributed by atoms with Gasteiger partial charge in [0.05, 0.1) is 0 Å². The third-order valence-electron chi connectivity index (χ3n) is 6.38. The van der Waals surface area contributed by atoms with E-state index in [-0.39, 0.29) is 24.1 Å². The molecule has 2 heterocycles. The number of amides is 1. The molecule has 1 N–H and O–H groups in total. The number of benzene rings is 1. The quantitative estimate of drug-likeness (QED) is 0.724. The number of hydrogen-bond acceptors (Lipinski definition) is 4. The van der Waals surface area contributed by atoms with Crippen molar-refractivity contribution < 1.29 is 4.79 Å². The number of aryl methyl sites for hydroxylation is 1. The summed E-state index contributed by atoms with van der Waals surface area (Å²) in [5.41, 5.74) is 3.62. The molecule has 0 aliphatic heterocycles. The zero-order valence-corrected chi connectivity index (χ0v) is 17.4. The van der Waals surface area contributed by atoms with Crippen molar-refractivity contribution in [3.8, 4) is 11.4 Å². The van der Waals surface area contributed by atoms with E-state index >= 15 is 0 Å². The molecule has 156 valence electrons. The van der Waals surface area contributed by atoms with Gasteiger partial charge in [0.2, 0.25) is 11.7 Å². The largest absolute Gasteiger partial charge is 0.352 e. The van der Waals surface area contributed by atoms with Crippen LogP contribution in [0.4, 0.5) is 0 Å². The topological polar surface area (TPSA) is 81.3 Å². The van der Waals surface area contributed by atoms with E-state index in [4.69, 9.17) is 0 Å². The van der Waals surface area contributed by atoms with Crippen molar-refractivity contribution in [2.24, 2.45) is 0 Å². The normalized spacial score (nSPS) is 16.7. The molecule has 7 heteroatoms. The summed E-state index contributed by atoms with van der Waals surface area (Å²) in [4.78, 5) is 30.6. The van der Waals surface area contributed by atoms with Crippen molar-refractivity contribution in [2.45, 2.75) is 70.9 Å². The first kappa shape index (κ1) is 19.0. The summed E-state index contributed by atoms with van der Waals surface area (Å²) in [6, 6.07) is 8.19. The number of rotatable bonds is 4. The Balaban J connectivity index is 1.54. The van der Waals surface area contributed by atoms with Crippen molar-refractivity contribution in [3.63, 3.8) is 0 Å². The maximum atomic E-state index is 13.0. The predicted molar refractivity (Wildman–Crippen MR) is 114 cm³/mol. The van der Waals surface area contributed by atoms with Gasteiger partial charge in [0.15, 0.2) is 5.82 Å². The molecule has 2 aromatic heterocycles. The minimum atomic E-state index is -0.104. The molecular formula is C23H27N5O2. The van der Waals surface area contributed by atoms with Gasteiger partial charge in [0.25, 0.3) is 5.56 Å². The van der Waals surface area contributed by atoms with Crippen molar-refractivity contribution >= 4 is 11.7 Å². The third-order valence-corrected chi connectivity index (χ3v) is 6.38. The monoisotopic (exact) mass is 405 g/mol. The van der Waals surface area contributed by atoms with E-state index in [1.54, 1.807) is 0 Å². The van der Waals surface area contributed by atoms with Crippen LogP contribution in [-0.2, 0) is 24.2 Å². The lowest BCUT2D eigenvalue weighted by Crippen LogP contribution is -2.39. The van der Waals surface area contributed by atoms with Gasteiger partial charge in [-0.3, -0.25) is 9.59 Å². The van der Waals surface area contributed by atoms with Gasteiger partial charge in [0, 0.05) is 22.9 Å². The third kappa shape index (κ3) is 3.42. The number of nitrogens with zero attached hydrogens (tertiary/aromatic N) is 4. The molecule has 2 aliphatic carbocycles. The van der Waals surface area contributed by atoms with Crippen LogP contribution in [0.15, 0.2) is 29.1 Å². The molecule has 1 amide bonds. The molecule has 0 radical (unpaired) electrons. The van der Waals surface area contributed by atoms with Crippen LogP contribution in [0.1, 0.15) is 55.3 Å². The Morgan fingerprint density at radius 2 is 1.87 bits per heavy atom. The minimum absolute atomic E-state index is 0.0126. The van der Waals surface area contributed by atoms with E-state index < -0.39 is 0 Å². The van der Waals surface area contributed by atoms with Crippen molar-refractivity contribution in [3.05, 3.63) is 51.4 Å². The van der Waals surface area contributed by atoms with E-state index in [1.807, 2.05) is 35.8 Å². The highest BCUT2D eigenvalue weighted by molar-refractivity contribution is 5.77. The summed E-state index contributed by atoms with van der Waals surface area (Å²) < 4.78 is 3.29. The summed E-state index contributed by atoms with van der Waals surface area (Å²) in [5, 5.41) is 7.70. The number of carbonyl (C=O) groups excluding carboxylic acids is 1. The van der Waals surface area contributed by atoms with Gasteiger partial charge in [-0.25, -0.2) is 0 Å². The highest BCUT2D eigenvalue weighted by atomic mass is 16.2. The van der Waals surface area contributed by atoms with E-state index in [0.717, 1.165) is 54.5 Å². The smallest absolute Gasteiger partial charge is 0.279 e. The van der Waals surface area contributed by atoms with Gasteiger partial charge in [-0.2, -0.15) is 9.50 Å². The average molecular weight is 406 g/mol. The first-order chi connectivity index (χ1) is 14.6. The molecule has 0 unspecified atom stereocenters. The molecular weight excluding hydrogens is 378 g/mol. The fraction of sp³-hybridized carbons (Fsp3) is 0.478. The molecule has 1 saturated carbocycles. The predicted octanol–water partition coefficient (Wildman–Crippen LogP) is 2.80. The molecule has 0 saturated heterocycles. The van der Waals surface area contributed by atoms with Crippen LogP contribution in [0.5, 0.6) is 0 Å². The fourth-order valence-corrected chi connectivity index (χ4v) is 4.77. The summed E-state index contributed by atoms with van der Waals surface area (Å²) in [6.45, 7) is 2.20.